The molecule has 4 aromatic heterocycles. The van der Waals surface area contributed by atoms with Crippen molar-refractivity contribution in [2.45, 2.75) is 13.8 Å². The highest BCUT2D eigenvalue weighted by molar-refractivity contribution is 6.05. The topological polar surface area (TPSA) is 116 Å². The largest absolute Gasteiger partial charge is 0.465 e. The first-order valence-corrected chi connectivity index (χ1v) is 8.08. The summed E-state index contributed by atoms with van der Waals surface area (Å²) in [5, 5.41) is 7.62. The molecule has 0 saturated heterocycles. The number of carbonyl (C=O) groups excluding carboxylic acids is 1. The predicted molar refractivity (Wildman–Crippen MR) is 95.8 cm³/mol. The number of pyridine rings is 2. The smallest absolute Gasteiger partial charge is 0.340 e. The lowest BCUT2D eigenvalue weighted by Gasteiger charge is -2.11. The van der Waals surface area contributed by atoms with Crippen LogP contribution in [0, 0.1) is 13.8 Å². The third-order valence-electron chi connectivity index (χ3n) is 4.25. The number of hydrogen-bond donors (Lipinski definition) is 1. The van der Waals surface area contributed by atoms with Crippen LogP contribution in [0.3, 0.4) is 0 Å². The maximum atomic E-state index is 13.1. The maximum absolute atomic E-state index is 13.1. The normalized spacial score (nSPS) is 11.1. The van der Waals surface area contributed by atoms with E-state index in [-0.39, 0.29) is 17.1 Å². The monoisotopic (exact) mass is 365 g/mol. The molecule has 0 bridgehead atoms. The van der Waals surface area contributed by atoms with Crippen molar-refractivity contribution in [3.63, 3.8) is 0 Å². The van der Waals surface area contributed by atoms with E-state index in [0.29, 0.717) is 33.7 Å². The number of ether oxygens (including phenoxy) is 1. The van der Waals surface area contributed by atoms with E-state index in [1.807, 2.05) is 0 Å². The molecule has 9 nitrogen and oxygen atoms in total. The number of nitrogens with one attached hydrogen (secondary N) is 1. The first kappa shape index (κ1) is 16.7. The second-order valence-electron chi connectivity index (χ2n) is 5.89. The molecular formula is C18H15N5O4. The van der Waals surface area contributed by atoms with Crippen molar-refractivity contribution in [1.29, 1.82) is 0 Å². The summed E-state index contributed by atoms with van der Waals surface area (Å²) in [6, 6.07) is 5.12. The van der Waals surface area contributed by atoms with E-state index < -0.39 is 5.97 Å². The number of H-pyrrole nitrogens is 1. The lowest BCUT2D eigenvalue weighted by Crippen LogP contribution is -2.21. The molecule has 0 aliphatic rings. The number of hydrogen-bond acceptors (Lipinski definition) is 7. The number of carbonyl (C=O) groups is 1. The number of esters is 1. The van der Waals surface area contributed by atoms with Gasteiger partial charge in [-0.05, 0) is 32.0 Å². The van der Waals surface area contributed by atoms with E-state index in [9.17, 15) is 9.59 Å². The van der Waals surface area contributed by atoms with E-state index >= 15 is 0 Å². The fourth-order valence-electron chi connectivity index (χ4n) is 3.05. The molecule has 0 aliphatic heterocycles. The van der Waals surface area contributed by atoms with Gasteiger partial charge >= 0.3 is 5.97 Å². The van der Waals surface area contributed by atoms with Crippen LogP contribution in [0.5, 0.6) is 0 Å². The molecule has 0 atom stereocenters. The molecule has 0 spiro atoms. The highest BCUT2D eigenvalue weighted by atomic mass is 16.5. The van der Waals surface area contributed by atoms with Crippen LogP contribution in [-0.4, -0.2) is 37.8 Å². The summed E-state index contributed by atoms with van der Waals surface area (Å²) in [5.41, 5.74) is 0.902. The lowest BCUT2D eigenvalue weighted by molar-refractivity contribution is 0.0601. The fourth-order valence-corrected chi connectivity index (χ4v) is 3.05. The Morgan fingerprint density at radius 3 is 2.74 bits per heavy atom. The minimum absolute atomic E-state index is 0.160. The Morgan fingerprint density at radius 2 is 2.04 bits per heavy atom. The quantitative estimate of drug-likeness (QED) is 0.553. The third-order valence-corrected chi connectivity index (χ3v) is 4.25. The van der Waals surface area contributed by atoms with E-state index in [1.165, 1.54) is 24.1 Å². The van der Waals surface area contributed by atoms with Crippen molar-refractivity contribution in [2.75, 3.05) is 7.11 Å². The molecule has 4 rings (SSSR count). The molecule has 0 fully saturated rings. The number of aromatic amines is 1. The second-order valence-corrected chi connectivity index (χ2v) is 5.89. The third kappa shape index (κ3) is 2.60. The molecule has 9 heteroatoms. The van der Waals surface area contributed by atoms with Crippen molar-refractivity contribution in [2.24, 2.45) is 0 Å². The molecular weight excluding hydrogens is 350 g/mol. The number of aromatic nitrogens is 5. The van der Waals surface area contributed by atoms with E-state index in [2.05, 4.69) is 20.2 Å². The molecule has 0 amide bonds. The van der Waals surface area contributed by atoms with Crippen LogP contribution in [0.2, 0.25) is 0 Å². The van der Waals surface area contributed by atoms with Gasteiger partial charge in [-0.25, -0.2) is 4.79 Å². The Kier molecular flexibility index (Phi) is 3.84. The molecule has 4 aromatic rings. The Bertz CT molecular complexity index is 1220. The van der Waals surface area contributed by atoms with Gasteiger partial charge < -0.3 is 9.15 Å². The summed E-state index contributed by atoms with van der Waals surface area (Å²) in [6.45, 7) is 3.42. The zero-order valence-corrected chi connectivity index (χ0v) is 14.8. The highest BCUT2D eigenvalue weighted by Gasteiger charge is 2.20. The molecule has 0 unspecified atom stereocenters. The van der Waals surface area contributed by atoms with Crippen LogP contribution < -0.4 is 5.56 Å². The lowest BCUT2D eigenvalue weighted by atomic mass is 10.0. The number of rotatable bonds is 3. The molecule has 0 aromatic carbocycles. The minimum Gasteiger partial charge on any atom is -0.465 e. The first-order chi connectivity index (χ1) is 13.0. The number of methoxy groups -OCH3 is 1. The van der Waals surface area contributed by atoms with Gasteiger partial charge in [0.05, 0.1) is 35.7 Å². The Hall–Kier alpha value is -3.75. The predicted octanol–water partition coefficient (Wildman–Crippen LogP) is 2.17. The van der Waals surface area contributed by atoms with Crippen molar-refractivity contribution in [3.8, 4) is 17.5 Å². The van der Waals surface area contributed by atoms with Gasteiger partial charge in [0.1, 0.15) is 0 Å². The number of fused-ring (bicyclic) bond motifs is 1. The van der Waals surface area contributed by atoms with Crippen LogP contribution in [0.15, 0.2) is 39.9 Å². The Morgan fingerprint density at radius 1 is 1.22 bits per heavy atom. The standard InChI is InChI=1S/C18H15N5O4/c1-9-13-11(14(10(2)19-9)17(25)26-3)6-7-23(16(13)24)18-20-15(21-22-18)12-5-4-8-27-12/h4-8H,1-3H3,(H,20,21,22). The Labute approximate surface area is 152 Å². The zero-order chi connectivity index (χ0) is 19.1. The van der Waals surface area contributed by atoms with Crippen LogP contribution in [-0.2, 0) is 4.74 Å². The van der Waals surface area contributed by atoms with Gasteiger partial charge in [-0.1, -0.05) is 0 Å². The molecule has 27 heavy (non-hydrogen) atoms. The summed E-state index contributed by atoms with van der Waals surface area (Å²) < 4.78 is 11.4. The van der Waals surface area contributed by atoms with E-state index in [1.54, 1.807) is 32.0 Å². The second kappa shape index (κ2) is 6.20. The number of nitrogens with zero attached hydrogens (tertiary/aromatic N) is 4. The fraction of sp³-hybridized carbons (Fsp3) is 0.167. The molecule has 0 radical (unpaired) electrons. The summed E-state index contributed by atoms with van der Waals surface area (Å²) in [6.07, 6.45) is 3.04. The van der Waals surface area contributed by atoms with Crippen molar-refractivity contribution < 1.29 is 13.9 Å². The van der Waals surface area contributed by atoms with Crippen LogP contribution in [0.25, 0.3) is 28.3 Å². The molecule has 0 saturated carbocycles. The summed E-state index contributed by atoms with van der Waals surface area (Å²) in [7, 11) is 1.29. The minimum atomic E-state index is -0.542. The summed E-state index contributed by atoms with van der Waals surface area (Å²) >= 11 is 0. The molecule has 4 heterocycles. The SMILES string of the molecule is COC(=O)c1c(C)nc(C)c2c(=O)n(-c3n[nH]c(-c4ccco4)n3)ccc12. The molecule has 0 aliphatic carbocycles. The van der Waals surface area contributed by atoms with Gasteiger partial charge in [-0.2, -0.15) is 4.98 Å². The summed E-state index contributed by atoms with van der Waals surface area (Å²) in [5.74, 6) is 0.521. The van der Waals surface area contributed by atoms with E-state index in [4.69, 9.17) is 9.15 Å². The van der Waals surface area contributed by atoms with Gasteiger partial charge in [0.2, 0.25) is 0 Å². The first-order valence-electron chi connectivity index (χ1n) is 8.08. The van der Waals surface area contributed by atoms with Gasteiger partial charge in [0.15, 0.2) is 11.6 Å². The van der Waals surface area contributed by atoms with Crippen molar-refractivity contribution in [3.05, 3.63) is 58.0 Å². The van der Waals surface area contributed by atoms with Gasteiger partial charge in [0.25, 0.3) is 11.5 Å². The average molecular weight is 365 g/mol. The zero-order valence-electron chi connectivity index (χ0n) is 14.8. The van der Waals surface area contributed by atoms with Gasteiger partial charge in [0, 0.05) is 11.6 Å². The number of aryl methyl sites for hydroxylation is 2. The number of furan rings is 1. The van der Waals surface area contributed by atoms with Gasteiger partial charge in [-0.3, -0.25) is 19.4 Å². The van der Waals surface area contributed by atoms with E-state index in [0.717, 1.165) is 0 Å². The van der Waals surface area contributed by atoms with Crippen LogP contribution in [0.1, 0.15) is 21.7 Å². The average Bonchev–Trinajstić information content (AvgIpc) is 3.32. The maximum Gasteiger partial charge on any atom is 0.340 e. The van der Waals surface area contributed by atoms with Gasteiger partial charge in [-0.15, -0.1) is 5.10 Å². The van der Waals surface area contributed by atoms with Crippen LogP contribution in [0.4, 0.5) is 0 Å². The van der Waals surface area contributed by atoms with Crippen molar-refractivity contribution in [1.82, 2.24) is 24.7 Å². The summed E-state index contributed by atoms with van der Waals surface area (Å²) in [4.78, 5) is 33.9. The molecule has 1 N–H and O–H groups in total. The highest BCUT2D eigenvalue weighted by Crippen LogP contribution is 2.22. The molecule has 136 valence electrons. The van der Waals surface area contributed by atoms with Crippen molar-refractivity contribution >= 4 is 16.7 Å². The van der Waals surface area contributed by atoms with Crippen LogP contribution >= 0.6 is 0 Å². The Balaban J connectivity index is 1.93.